The molecule has 0 atom stereocenters. The number of hydrogen-bond acceptors (Lipinski definition) is 4. The summed E-state index contributed by atoms with van der Waals surface area (Å²) < 4.78 is 0. The zero-order valence-electron chi connectivity index (χ0n) is 6.41. The largest absolute Gasteiger partial charge is 0.383 e. The summed E-state index contributed by atoms with van der Waals surface area (Å²) in [5, 5.41) is 0.495. The van der Waals surface area contributed by atoms with Crippen LogP contribution in [-0.4, -0.2) is 15.0 Å². The molecule has 0 aliphatic carbocycles. The van der Waals surface area contributed by atoms with E-state index in [-0.39, 0.29) is 21.9 Å². The molecule has 66 valence electrons. The van der Waals surface area contributed by atoms with Crippen molar-refractivity contribution in [2.75, 3.05) is 5.73 Å². The lowest BCUT2D eigenvalue weighted by Crippen LogP contribution is -2.09. The molecule has 0 aromatic carbocycles. The predicted molar refractivity (Wildman–Crippen MR) is 49.6 cm³/mol. The lowest BCUT2D eigenvalue weighted by molar-refractivity contribution is 1.16. The molecule has 2 aromatic rings. The van der Waals surface area contributed by atoms with Crippen LogP contribution >= 0.6 is 11.6 Å². The fraction of sp³-hybridized carbons (Fsp3) is 0. The van der Waals surface area contributed by atoms with Crippen molar-refractivity contribution in [2.45, 2.75) is 0 Å². The molecule has 3 N–H and O–H groups in total. The van der Waals surface area contributed by atoms with Gasteiger partial charge in [0, 0.05) is 6.07 Å². The minimum Gasteiger partial charge on any atom is -0.383 e. The fourth-order valence-corrected chi connectivity index (χ4v) is 1.28. The molecule has 2 heterocycles. The summed E-state index contributed by atoms with van der Waals surface area (Å²) in [5.41, 5.74) is 5.63. The van der Waals surface area contributed by atoms with E-state index < -0.39 is 0 Å². The van der Waals surface area contributed by atoms with E-state index in [0.29, 0.717) is 5.52 Å². The number of nitrogens with two attached hydrogens (primary N) is 1. The molecule has 0 unspecified atom stereocenters. The molecule has 6 heteroatoms. The molecule has 0 aliphatic rings. The number of anilines is 1. The van der Waals surface area contributed by atoms with Crippen LogP contribution < -0.4 is 11.3 Å². The van der Waals surface area contributed by atoms with Crippen LogP contribution in [0.25, 0.3) is 10.9 Å². The van der Waals surface area contributed by atoms with Crippen molar-refractivity contribution in [3.05, 3.63) is 27.9 Å². The number of nitrogens with zero attached hydrogens (tertiary/aromatic N) is 2. The molecule has 2 aromatic heterocycles. The monoisotopic (exact) mass is 196 g/mol. The van der Waals surface area contributed by atoms with Gasteiger partial charge in [-0.25, -0.2) is 9.97 Å². The molecule has 0 fully saturated rings. The standard InChI is InChI=1S/C7H5ClN4O/c8-4-1-3-5(6(9)12-4)7(13)11-2-10-3/h1-2H,(H2,9,12)(H,10,11,13). The number of aromatic nitrogens is 3. The number of rotatable bonds is 0. The lowest BCUT2D eigenvalue weighted by Gasteiger charge is -1.98. The van der Waals surface area contributed by atoms with E-state index in [2.05, 4.69) is 15.0 Å². The number of aromatic amines is 1. The van der Waals surface area contributed by atoms with Crippen LogP contribution in [0.5, 0.6) is 0 Å². The van der Waals surface area contributed by atoms with Gasteiger partial charge < -0.3 is 10.7 Å². The van der Waals surface area contributed by atoms with Crippen molar-refractivity contribution < 1.29 is 0 Å². The third-order valence-corrected chi connectivity index (χ3v) is 1.82. The van der Waals surface area contributed by atoms with Gasteiger partial charge in [0.15, 0.2) is 0 Å². The van der Waals surface area contributed by atoms with Crippen molar-refractivity contribution in [1.82, 2.24) is 15.0 Å². The van der Waals surface area contributed by atoms with Crippen LogP contribution in [0.2, 0.25) is 5.15 Å². The Hall–Kier alpha value is -1.62. The maximum absolute atomic E-state index is 11.3. The highest BCUT2D eigenvalue weighted by Gasteiger charge is 2.05. The number of halogens is 1. The zero-order valence-corrected chi connectivity index (χ0v) is 7.17. The number of hydrogen-bond donors (Lipinski definition) is 2. The smallest absolute Gasteiger partial charge is 0.262 e. The second-order valence-electron chi connectivity index (χ2n) is 2.46. The first kappa shape index (κ1) is 8.00. The molecule has 5 nitrogen and oxygen atoms in total. The fourth-order valence-electron chi connectivity index (χ4n) is 1.09. The molecule has 0 saturated heterocycles. The number of pyridine rings is 1. The number of H-pyrrole nitrogens is 1. The average Bonchev–Trinajstić information content (AvgIpc) is 2.02. The summed E-state index contributed by atoms with van der Waals surface area (Å²) in [7, 11) is 0. The van der Waals surface area contributed by atoms with Crippen LogP contribution in [0.1, 0.15) is 0 Å². The maximum Gasteiger partial charge on any atom is 0.262 e. The minimum absolute atomic E-state index is 0.0943. The molecule has 0 saturated carbocycles. The highest BCUT2D eigenvalue weighted by molar-refractivity contribution is 6.30. The van der Waals surface area contributed by atoms with Crippen LogP contribution in [0.4, 0.5) is 5.82 Å². The van der Waals surface area contributed by atoms with Gasteiger partial charge >= 0.3 is 0 Å². The molecular weight excluding hydrogens is 192 g/mol. The second-order valence-corrected chi connectivity index (χ2v) is 2.84. The van der Waals surface area contributed by atoms with Gasteiger partial charge in [-0.15, -0.1) is 0 Å². The van der Waals surface area contributed by atoms with E-state index in [9.17, 15) is 4.79 Å². The first-order chi connectivity index (χ1) is 6.18. The Kier molecular flexibility index (Phi) is 1.66. The van der Waals surface area contributed by atoms with Gasteiger partial charge in [0.25, 0.3) is 5.56 Å². The molecule has 0 amide bonds. The third-order valence-electron chi connectivity index (χ3n) is 1.62. The van der Waals surface area contributed by atoms with Gasteiger partial charge in [-0.05, 0) is 0 Å². The summed E-state index contributed by atoms with van der Waals surface area (Å²) in [6.45, 7) is 0. The van der Waals surface area contributed by atoms with E-state index in [0.717, 1.165) is 0 Å². The normalized spacial score (nSPS) is 10.5. The van der Waals surface area contributed by atoms with Crippen molar-refractivity contribution in [1.29, 1.82) is 0 Å². The van der Waals surface area contributed by atoms with Crippen molar-refractivity contribution >= 4 is 28.3 Å². The highest BCUT2D eigenvalue weighted by Crippen LogP contribution is 2.16. The summed E-state index contributed by atoms with van der Waals surface area (Å²) in [6, 6.07) is 1.49. The number of nitrogens with one attached hydrogen (secondary N) is 1. The van der Waals surface area contributed by atoms with Crippen molar-refractivity contribution in [2.24, 2.45) is 0 Å². The Balaban J connectivity index is 3.03. The van der Waals surface area contributed by atoms with Gasteiger partial charge in [-0.3, -0.25) is 4.79 Å². The lowest BCUT2D eigenvalue weighted by atomic mass is 10.3. The first-order valence-electron chi connectivity index (χ1n) is 3.48. The van der Waals surface area contributed by atoms with Gasteiger partial charge in [0.05, 0.1) is 11.8 Å². The van der Waals surface area contributed by atoms with Gasteiger partial charge in [0.1, 0.15) is 16.4 Å². The second kappa shape index (κ2) is 2.70. The van der Waals surface area contributed by atoms with Crippen LogP contribution in [0.3, 0.4) is 0 Å². The molecule has 2 rings (SSSR count). The highest BCUT2D eigenvalue weighted by atomic mass is 35.5. The summed E-state index contributed by atoms with van der Waals surface area (Å²) in [6.07, 6.45) is 1.29. The van der Waals surface area contributed by atoms with E-state index in [1.165, 1.54) is 12.4 Å². The van der Waals surface area contributed by atoms with Crippen molar-refractivity contribution in [3.63, 3.8) is 0 Å². The van der Waals surface area contributed by atoms with E-state index >= 15 is 0 Å². The summed E-state index contributed by atoms with van der Waals surface area (Å²) in [5.74, 6) is 0.0943. The molecule has 13 heavy (non-hydrogen) atoms. The van der Waals surface area contributed by atoms with Crippen LogP contribution in [0.15, 0.2) is 17.2 Å². The molecule has 0 spiro atoms. The molecular formula is C7H5ClN4O. The average molecular weight is 197 g/mol. The summed E-state index contributed by atoms with van der Waals surface area (Å²) in [4.78, 5) is 21.3. The summed E-state index contributed by atoms with van der Waals surface area (Å²) >= 11 is 5.63. The Morgan fingerprint density at radius 1 is 1.54 bits per heavy atom. The van der Waals surface area contributed by atoms with E-state index in [4.69, 9.17) is 17.3 Å². The molecule has 0 bridgehead atoms. The molecule has 0 radical (unpaired) electrons. The Labute approximate surface area is 77.6 Å². The van der Waals surface area contributed by atoms with Crippen LogP contribution in [-0.2, 0) is 0 Å². The Morgan fingerprint density at radius 3 is 3.08 bits per heavy atom. The van der Waals surface area contributed by atoms with Crippen LogP contribution in [0, 0.1) is 0 Å². The molecule has 0 aliphatic heterocycles. The number of nitrogen functional groups attached to an aromatic ring is 1. The third kappa shape index (κ3) is 1.23. The maximum atomic E-state index is 11.3. The first-order valence-corrected chi connectivity index (χ1v) is 3.85. The van der Waals surface area contributed by atoms with E-state index in [1.807, 2.05) is 0 Å². The Bertz CT molecular complexity index is 521. The topological polar surface area (TPSA) is 84.7 Å². The SMILES string of the molecule is Nc1nc(Cl)cc2nc[nH]c(=O)c12. The minimum atomic E-state index is -0.313. The van der Waals surface area contributed by atoms with Gasteiger partial charge in [0.2, 0.25) is 0 Å². The number of fused-ring (bicyclic) bond motifs is 1. The predicted octanol–water partition coefficient (Wildman–Crippen LogP) is 0.554. The Morgan fingerprint density at radius 2 is 2.31 bits per heavy atom. The zero-order chi connectivity index (χ0) is 9.42. The quantitative estimate of drug-likeness (QED) is 0.603. The van der Waals surface area contributed by atoms with E-state index in [1.54, 1.807) is 0 Å². The van der Waals surface area contributed by atoms with Gasteiger partial charge in [-0.2, -0.15) is 0 Å². The van der Waals surface area contributed by atoms with Crippen molar-refractivity contribution in [3.8, 4) is 0 Å². The van der Waals surface area contributed by atoms with Gasteiger partial charge in [-0.1, -0.05) is 11.6 Å².